The highest BCUT2D eigenvalue weighted by Gasteiger charge is 2.14. The number of Topliss-reactive ketones (excluding diaryl/α,β-unsaturated/α-hetero) is 1. The molecule has 1 N–H and O–H groups in total. The second-order valence-corrected chi connectivity index (χ2v) is 6.14. The molecule has 0 saturated carbocycles. The normalized spacial score (nSPS) is 12.2. The van der Waals surface area contributed by atoms with E-state index in [9.17, 15) is 9.90 Å². The second kappa shape index (κ2) is 7.58. The highest BCUT2D eigenvalue weighted by molar-refractivity contribution is 5.94. The van der Waals surface area contributed by atoms with Gasteiger partial charge in [-0.3, -0.25) is 4.79 Å². The Morgan fingerprint density at radius 3 is 2.73 bits per heavy atom. The molecule has 0 aliphatic heterocycles. The number of para-hydroxylation sites is 2. The Morgan fingerprint density at radius 1 is 1.23 bits per heavy atom. The molecular weight excluding hydrogens is 332 g/mol. The number of aliphatic hydroxyl groups is 1. The van der Waals surface area contributed by atoms with Crippen molar-refractivity contribution >= 4 is 16.8 Å². The van der Waals surface area contributed by atoms with Crippen molar-refractivity contribution in [3.05, 3.63) is 53.9 Å². The topological polar surface area (TPSA) is 73.6 Å². The average molecular weight is 354 g/mol. The lowest BCUT2D eigenvalue weighted by atomic mass is 10.1. The molecule has 26 heavy (non-hydrogen) atoms. The van der Waals surface area contributed by atoms with Gasteiger partial charge in [-0.05, 0) is 44.2 Å². The zero-order valence-corrected chi connectivity index (χ0v) is 15.1. The number of ketones is 1. The van der Waals surface area contributed by atoms with Gasteiger partial charge in [0.1, 0.15) is 18.5 Å². The van der Waals surface area contributed by atoms with Crippen LogP contribution in [0, 0.1) is 6.92 Å². The van der Waals surface area contributed by atoms with Gasteiger partial charge in [-0.1, -0.05) is 12.1 Å². The molecule has 2 aromatic carbocycles. The first-order valence-electron chi connectivity index (χ1n) is 8.41. The lowest BCUT2D eigenvalue weighted by molar-refractivity contribution is 0.0913. The van der Waals surface area contributed by atoms with E-state index in [0.717, 1.165) is 16.9 Å². The molecule has 3 rings (SSSR count). The van der Waals surface area contributed by atoms with Crippen LogP contribution in [0.4, 0.5) is 0 Å². The highest BCUT2D eigenvalue weighted by Crippen LogP contribution is 2.28. The number of ether oxygens (including phenoxy) is 2. The Hall–Kier alpha value is -2.86. The molecule has 0 amide bonds. The number of carbonyl (C=O) groups excluding carboxylic acids is 1. The molecule has 6 heteroatoms. The molecule has 0 fully saturated rings. The maximum absolute atomic E-state index is 11.5. The van der Waals surface area contributed by atoms with Crippen molar-refractivity contribution in [3.8, 4) is 11.5 Å². The Morgan fingerprint density at radius 2 is 2.00 bits per heavy atom. The lowest BCUT2D eigenvalue weighted by Crippen LogP contribution is -2.24. The average Bonchev–Trinajstić information content (AvgIpc) is 2.95. The van der Waals surface area contributed by atoms with Gasteiger partial charge in [0.25, 0.3) is 0 Å². The highest BCUT2D eigenvalue weighted by atomic mass is 16.5. The summed E-state index contributed by atoms with van der Waals surface area (Å²) in [6.45, 7) is 3.88. The molecule has 0 saturated heterocycles. The Bertz CT molecular complexity index is 933. The van der Waals surface area contributed by atoms with Gasteiger partial charge in [-0.15, -0.1) is 0 Å². The van der Waals surface area contributed by atoms with Gasteiger partial charge in [0, 0.05) is 5.56 Å². The van der Waals surface area contributed by atoms with Crippen LogP contribution >= 0.6 is 0 Å². The number of aliphatic hydroxyl groups excluding tert-OH is 1. The molecule has 1 atom stereocenters. The minimum Gasteiger partial charge on any atom is -0.493 e. The van der Waals surface area contributed by atoms with Crippen LogP contribution in [0.1, 0.15) is 23.1 Å². The molecule has 136 valence electrons. The van der Waals surface area contributed by atoms with E-state index in [-0.39, 0.29) is 12.4 Å². The largest absolute Gasteiger partial charge is 0.493 e. The number of aryl methyl sites for hydroxylation is 1. The van der Waals surface area contributed by atoms with Crippen molar-refractivity contribution in [1.29, 1.82) is 0 Å². The fourth-order valence-corrected chi connectivity index (χ4v) is 2.88. The smallest absolute Gasteiger partial charge is 0.161 e. The number of hydrogen-bond donors (Lipinski definition) is 1. The first-order chi connectivity index (χ1) is 12.5. The number of carbonyl (C=O) groups is 1. The SMILES string of the molecule is COc1cc(C(C)=O)ccc1OCC(O)Cn1c(C)nc2ccccc21. The van der Waals surface area contributed by atoms with Crippen molar-refractivity contribution in [1.82, 2.24) is 9.55 Å². The van der Waals surface area contributed by atoms with Crippen molar-refractivity contribution in [2.45, 2.75) is 26.5 Å². The van der Waals surface area contributed by atoms with Gasteiger partial charge in [0.2, 0.25) is 0 Å². The molecule has 3 aromatic rings. The fraction of sp³-hybridized carbons (Fsp3) is 0.300. The summed E-state index contributed by atoms with van der Waals surface area (Å²) in [5, 5.41) is 10.4. The lowest BCUT2D eigenvalue weighted by Gasteiger charge is -2.16. The van der Waals surface area contributed by atoms with Crippen molar-refractivity contribution in [2.75, 3.05) is 13.7 Å². The van der Waals surface area contributed by atoms with Crippen LogP contribution in [0.15, 0.2) is 42.5 Å². The molecule has 1 aromatic heterocycles. The first-order valence-corrected chi connectivity index (χ1v) is 8.41. The van der Waals surface area contributed by atoms with Crippen molar-refractivity contribution in [3.63, 3.8) is 0 Å². The summed E-state index contributed by atoms with van der Waals surface area (Å²) >= 11 is 0. The standard InChI is InChI=1S/C20H22N2O4/c1-13(23)15-8-9-19(20(10-15)25-3)26-12-16(24)11-22-14(2)21-17-6-4-5-7-18(17)22/h4-10,16,24H,11-12H2,1-3H3. The number of rotatable bonds is 7. The van der Waals surface area contributed by atoms with Crippen LogP contribution in [-0.2, 0) is 6.54 Å². The van der Waals surface area contributed by atoms with Crippen LogP contribution < -0.4 is 9.47 Å². The van der Waals surface area contributed by atoms with Crippen molar-refractivity contribution in [2.24, 2.45) is 0 Å². The van der Waals surface area contributed by atoms with E-state index in [4.69, 9.17) is 9.47 Å². The summed E-state index contributed by atoms with van der Waals surface area (Å²) in [5.74, 6) is 1.75. The van der Waals surface area contributed by atoms with Gasteiger partial charge < -0.3 is 19.1 Å². The predicted molar refractivity (Wildman–Crippen MR) is 99.0 cm³/mol. The summed E-state index contributed by atoms with van der Waals surface area (Å²) < 4.78 is 13.0. The van der Waals surface area contributed by atoms with Gasteiger partial charge in [-0.25, -0.2) is 4.98 Å². The molecular formula is C20H22N2O4. The van der Waals surface area contributed by atoms with Crippen LogP contribution in [0.2, 0.25) is 0 Å². The molecule has 0 radical (unpaired) electrons. The van der Waals surface area contributed by atoms with E-state index in [2.05, 4.69) is 4.98 Å². The number of methoxy groups -OCH3 is 1. The van der Waals surface area contributed by atoms with Gasteiger partial charge in [0.05, 0.1) is 24.7 Å². The van der Waals surface area contributed by atoms with E-state index < -0.39 is 6.10 Å². The van der Waals surface area contributed by atoms with E-state index in [1.807, 2.05) is 35.8 Å². The molecule has 1 heterocycles. The number of nitrogens with zero attached hydrogens (tertiary/aromatic N) is 2. The molecule has 0 spiro atoms. The number of hydrogen-bond acceptors (Lipinski definition) is 5. The fourth-order valence-electron chi connectivity index (χ4n) is 2.88. The first kappa shape index (κ1) is 17.9. The molecule has 0 aliphatic rings. The molecule has 0 bridgehead atoms. The predicted octanol–water partition coefficient (Wildman–Crippen LogP) is 3.00. The van der Waals surface area contributed by atoms with Gasteiger partial charge in [-0.2, -0.15) is 0 Å². The monoisotopic (exact) mass is 354 g/mol. The molecule has 0 aliphatic carbocycles. The number of imidazole rings is 1. The van der Waals surface area contributed by atoms with E-state index >= 15 is 0 Å². The zero-order chi connectivity index (χ0) is 18.7. The zero-order valence-electron chi connectivity index (χ0n) is 15.1. The maximum atomic E-state index is 11.5. The molecule has 1 unspecified atom stereocenters. The van der Waals surface area contributed by atoms with Crippen LogP contribution in [0.3, 0.4) is 0 Å². The number of fused-ring (bicyclic) bond motifs is 1. The van der Waals surface area contributed by atoms with E-state index in [1.54, 1.807) is 18.2 Å². The third kappa shape index (κ3) is 3.70. The number of benzene rings is 2. The van der Waals surface area contributed by atoms with E-state index in [1.165, 1.54) is 14.0 Å². The maximum Gasteiger partial charge on any atom is 0.161 e. The summed E-state index contributed by atoms with van der Waals surface area (Å²) in [6, 6.07) is 12.8. The second-order valence-electron chi connectivity index (χ2n) is 6.14. The van der Waals surface area contributed by atoms with Crippen LogP contribution in [-0.4, -0.2) is 40.3 Å². The van der Waals surface area contributed by atoms with Gasteiger partial charge in [0.15, 0.2) is 17.3 Å². The summed E-state index contributed by atoms with van der Waals surface area (Å²) in [4.78, 5) is 16.0. The quantitative estimate of drug-likeness (QED) is 0.660. The third-order valence-corrected chi connectivity index (χ3v) is 4.24. The summed E-state index contributed by atoms with van der Waals surface area (Å²) in [5.41, 5.74) is 2.43. The summed E-state index contributed by atoms with van der Waals surface area (Å²) in [6.07, 6.45) is -0.719. The third-order valence-electron chi connectivity index (χ3n) is 4.24. The van der Waals surface area contributed by atoms with Crippen LogP contribution in [0.25, 0.3) is 11.0 Å². The molecule has 6 nitrogen and oxygen atoms in total. The minimum atomic E-state index is -0.719. The summed E-state index contributed by atoms with van der Waals surface area (Å²) in [7, 11) is 1.52. The van der Waals surface area contributed by atoms with Crippen LogP contribution in [0.5, 0.6) is 11.5 Å². The van der Waals surface area contributed by atoms with Crippen molar-refractivity contribution < 1.29 is 19.4 Å². The minimum absolute atomic E-state index is 0.0441. The Labute approximate surface area is 152 Å². The van der Waals surface area contributed by atoms with Gasteiger partial charge >= 0.3 is 0 Å². The Balaban J connectivity index is 1.70. The van der Waals surface area contributed by atoms with E-state index in [0.29, 0.717) is 23.6 Å². The number of aromatic nitrogens is 2. The Kier molecular flexibility index (Phi) is 5.23.